The first-order chi connectivity index (χ1) is 11.5. The van der Waals surface area contributed by atoms with E-state index in [2.05, 4.69) is 11.9 Å². The molecule has 0 aliphatic carbocycles. The molecule has 2 aliphatic heterocycles. The maximum absolute atomic E-state index is 12.8. The van der Waals surface area contributed by atoms with Crippen molar-refractivity contribution in [1.82, 2.24) is 9.62 Å². The van der Waals surface area contributed by atoms with Crippen molar-refractivity contribution < 1.29 is 22.7 Å². The van der Waals surface area contributed by atoms with Gasteiger partial charge in [0, 0.05) is 31.6 Å². The number of hydrogen-bond acceptors (Lipinski definition) is 5. The van der Waals surface area contributed by atoms with Gasteiger partial charge < -0.3 is 14.8 Å². The quantitative estimate of drug-likeness (QED) is 0.803. The summed E-state index contributed by atoms with van der Waals surface area (Å²) in [7, 11) is -3.60. The van der Waals surface area contributed by atoms with Crippen LogP contribution in [-0.2, 0) is 14.8 Å². The number of benzene rings is 1. The predicted octanol–water partition coefficient (Wildman–Crippen LogP) is 1.12. The third-order valence-electron chi connectivity index (χ3n) is 4.23. The molecule has 0 atom stereocenters. The highest BCUT2D eigenvalue weighted by molar-refractivity contribution is 7.89. The van der Waals surface area contributed by atoms with E-state index in [4.69, 9.17) is 9.47 Å². The summed E-state index contributed by atoms with van der Waals surface area (Å²) in [5, 5.41) is 2.76. The Morgan fingerprint density at radius 2 is 2.00 bits per heavy atom. The second-order valence-corrected chi connectivity index (χ2v) is 7.67. The Hall–Kier alpha value is -2.06. The zero-order valence-electron chi connectivity index (χ0n) is 13.2. The summed E-state index contributed by atoms with van der Waals surface area (Å²) in [6.07, 6.45) is 2.64. The Labute approximate surface area is 141 Å². The van der Waals surface area contributed by atoms with Gasteiger partial charge in [-0.3, -0.25) is 4.79 Å². The van der Waals surface area contributed by atoms with Crippen LogP contribution in [0.3, 0.4) is 0 Å². The zero-order valence-corrected chi connectivity index (χ0v) is 14.0. The normalized spacial score (nSPS) is 18.3. The molecule has 0 unspecified atom stereocenters. The van der Waals surface area contributed by atoms with Gasteiger partial charge in [0.05, 0.1) is 4.90 Å². The van der Waals surface area contributed by atoms with Crippen LogP contribution in [0.1, 0.15) is 12.8 Å². The monoisotopic (exact) mass is 352 g/mol. The maximum Gasteiger partial charge on any atom is 0.243 e. The van der Waals surface area contributed by atoms with E-state index >= 15 is 0 Å². The fourth-order valence-electron chi connectivity index (χ4n) is 2.86. The second kappa shape index (κ2) is 6.82. The van der Waals surface area contributed by atoms with Crippen molar-refractivity contribution in [2.75, 3.05) is 26.4 Å². The first-order valence-electron chi connectivity index (χ1n) is 7.81. The number of carbonyl (C=O) groups excluding carboxylic acids is 1. The Morgan fingerprint density at radius 3 is 2.71 bits per heavy atom. The molecule has 2 aliphatic rings. The van der Waals surface area contributed by atoms with Gasteiger partial charge in [0.2, 0.25) is 22.7 Å². The van der Waals surface area contributed by atoms with Crippen molar-refractivity contribution >= 4 is 15.9 Å². The molecule has 2 heterocycles. The summed E-state index contributed by atoms with van der Waals surface area (Å²) < 4.78 is 37.4. The van der Waals surface area contributed by atoms with Gasteiger partial charge in [-0.15, -0.1) is 6.58 Å². The van der Waals surface area contributed by atoms with Crippen molar-refractivity contribution in [2.45, 2.75) is 17.7 Å². The van der Waals surface area contributed by atoms with Gasteiger partial charge >= 0.3 is 0 Å². The summed E-state index contributed by atoms with van der Waals surface area (Å²) in [5.41, 5.74) is 0. The highest BCUT2D eigenvalue weighted by Gasteiger charge is 2.32. The summed E-state index contributed by atoms with van der Waals surface area (Å²) >= 11 is 0. The van der Waals surface area contributed by atoms with E-state index in [1.165, 1.54) is 16.4 Å². The number of amides is 1. The number of nitrogens with one attached hydrogen (secondary N) is 1. The molecule has 1 aromatic carbocycles. The molecule has 0 saturated carbocycles. The van der Waals surface area contributed by atoms with Crippen LogP contribution in [0.4, 0.5) is 0 Å². The van der Waals surface area contributed by atoms with Crippen molar-refractivity contribution in [3.05, 3.63) is 30.9 Å². The standard InChI is InChI=1S/C16H20N2O5S/c1-2-7-17-16(19)12-5-8-18(9-6-12)24(20,21)13-3-4-14-15(10-13)23-11-22-14/h2-4,10,12H,1,5-9,11H2,(H,17,19). The van der Waals surface area contributed by atoms with Crippen molar-refractivity contribution in [3.8, 4) is 11.5 Å². The number of sulfonamides is 1. The summed E-state index contributed by atoms with van der Waals surface area (Å²) in [6.45, 7) is 4.73. The first-order valence-corrected chi connectivity index (χ1v) is 9.25. The van der Waals surface area contributed by atoms with E-state index in [9.17, 15) is 13.2 Å². The molecule has 0 radical (unpaired) electrons. The lowest BCUT2D eigenvalue weighted by Crippen LogP contribution is -2.43. The molecule has 1 saturated heterocycles. The fraction of sp³-hybridized carbons (Fsp3) is 0.438. The fourth-order valence-corrected chi connectivity index (χ4v) is 4.35. The lowest BCUT2D eigenvalue weighted by Gasteiger charge is -2.30. The average Bonchev–Trinajstić information content (AvgIpc) is 3.07. The third kappa shape index (κ3) is 3.25. The topological polar surface area (TPSA) is 84.9 Å². The highest BCUT2D eigenvalue weighted by atomic mass is 32.2. The number of piperidine rings is 1. The van der Waals surface area contributed by atoms with E-state index in [1.807, 2.05) is 0 Å². The third-order valence-corrected chi connectivity index (χ3v) is 6.12. The van der Waals surface area contributed by atoms with Crippen LogP contribution in [0.2, 0.25) is 0 Å². The van der Waals surface area contributed by atoms with Gasteiger partial charge in [0.25, 0.3) is 0 Å². The van der Waals surface area contributed by atoms with Gasteiger partial charge in [0.15, 0.2) is 11.5 Å². The second-order valence-electron chi connectivity index (χ2n) is 5.73. The molecule has 7 nitrogen and oxygen atoms in total. The van der Waals surface area contributed by atoms with Crippen LogP contribution in [0.25, 0.3) is 0 Å². The number of hydrogen-bond donors (Lipinski definition) is 1. The minimum absolute atomic E-state index is 0.0463. The van der Waals surface area contributed by atoms with Crippen LogP contribution < -0.4 is 14.8 Å². The molecule has 1 aromatic rings. The zero-order chi connectivity index (χ0) is 17.2. The van der Waals surface area contributed by atoms with E-state index in [0.717, 1.165) is 0 Å². The molecule has 0 aromatic heterocycles. The lowest BCUT2D eigenvalue weighted by molar-refractivity contribution is -0.125. The number of fused-ring (bicyclic) bond motifs is 1. The predicted molar refractivity (Wildman–Crippen MR) is 87.3 cm³/mol. The van der Waals surface area contributed by atoms with Gasteiger partial charge in [0.1, 0.15) is 0 Å². The van der Waals surface area contributed by atoms with Gasteiger partial charge in [-0.1, -0.05) is 6.08 Å². The summed E-state index contributed by atoms with van der Waals surface area (Å²) in [5.74, 6) is 0.782. The largest absolute Gasteiger partial charge is 0.454 e. The van der Waals surface area contributed by atoms with Gasteiger partial charge in [-0.05, 0) is 25.0 Å². The highest BCUT2D eigenvalue weighted by Crippen LogP contribution is 2.35. The van der Waals surface area contributed by atoms with Crippen LogP contribution in [-0.4, -0.2) is 45.1 Å². The SMILES string of the molecule is C=CCNC(=O)C1CCN(S(=O)(=O)c2ccc3c(c2)OCO3)CC1. The molecule has 0 bridgehead atoms. The number of rotatable bonds is 5. The summed E-state index contributed by atoms with van der Waals surface area (Å²) in [4.78, 5) is 12.1. The lowest BCUT2D eigenvalue weighted by atomic mass is 9.97. The molecular formula is C16H20N2O5S. The minimum atomic E-state index is -3.60. The van der Waals surface area contributed by atoms with E-state index in [-0.39, 0.29) is 23.5 Å². The van der Waals surface area contributed by atoms with E-state index in [1.54, 1.807) is 12.1 Å². The molecule has 1 N–H and O–H groups in total. The molecule has 3 rings (SSSR count). The number of nitrogens with zero attached hydrogens (tertiary/aromatic N) is 1. The number of carbonyl (C=O) groups is 1. The average molecular weight is 352 g/mol. The van der Waals surface area contributed by atoms with Crippen molar-refractivity contribution in [2.24, 2.45) is 5.92 Å². The molecule has 1 amide bonds. The van der Waals surface area contributed by atoms with Crippen LogP contribution >= 0.6 is 0 Å². The first kappa shape index (κ1) is 16.8. The Kier molecular flexibility index (Phi) is 4.77. The molecule has 8 heteroatoms. The van der Waals surface area contributed by atoms with Gasteiger partial charge in [-0.25, -0.2) is 8.42 Å². The van der Waals surface area contributed by atoms with Crippen LogP contribution in [0.5, 0.6) is 11.5 Å². The van der Waals surface area contributed by atoms with Crippen molar-refractivity contribution in [1.29, 1.82) is 0 Å². The van der Waals surface area contributed by atoms with Crippen molar-refractivity contribution in [3.63, 3.8) is 0 Å². The minimum Gasteiger partial charge on any atom is -0.454 e. The Balaban J connectivity index is 1.67. The van der Waals surface area contributed by atoms with E-state index < -0.39 is 10.0 Å². The molecule has 0 spiro atoms. The molecule has 1 fully saturated rings. The van der Waals surface area contributed by atoms with Crippen LogP contribution in [0.15, 0.2) is 35.7 Å². The summed E-state index contributed by atoms with van der Waals surface area (Å²) in [6, 6.07) is 4.61. The molecular weight excluding hydrogens is 332 g/mol. The van der Waals surface area contributed by atoms with Gasteiger partial charge in [-0.2, -0.15) is 4.31 Å². The Bertz CT molecular complexity index is 739. The molecule has 24 heavy (non-hydrogen) atoms. The van der Waals surface area contributed by atoms with Crippen LogP contribution in [0, 0.1) is 5.92 Å². The smallest absolute Gasteiger partial charge is 0.243 e. The maximum atomic E-state index is 12.8. The molecule has 130 valence electrons. The Morgan fingerprint density at radius 1 is 1.29 bits per heavy atom. The van der Waals surface area contributed by atoms with E-state index in [0.29, 0.717) is 44.0 Å². The number of ether oxygens (including phenoxy) is 2.